The molecule has 0 aliphatic rings. The maximum Gasteiger partial charge on any atom is -0.00923 e. The lowest BCUT2D eigenvalue weighted by molar-refractivity contribution is 1.51. The van der Waals surface area contributed by atoms with E-state index in [1.807, 2.05) is 0 Å². The Morgan fingerprint density at radius 2 is 0.740 bits per heavy atom. The Balaban J connectivity index is 1.31. The van der Waals surface area contributed by atoms with E-state index in [1.165, 1.54) is 109 Å². The number of hydrogen-bond acceptors (Lipinski definition) is 0. The van der Waals surface area contributed by atoms with Gasteiger partial charge in [0.15, 0.2) is 0 Å². The van der Waals surface area contributed by atoms with Gasteiger partial charge in [-0.15, -0.1) is 0 Å². The van der Waals surface area contributed by atoms with Crippen LogP contribution in [0.5, 0.6) is 0 Å². The van der Waals surface area contributed by atoms with Gasteiger partial charge in [-0.3, -0.25) is 0 Å². The van der Waals surface area contributed by atoms with Crippen LogP contribution < -0.4 is 0 Å². The van der Waals surface area contributed by atoms with Crippen molar-refractivity contribution in [1.82, 2.24) is 0 Å². The first-order valence-electron chi connectivity index (χ1n) is 17.5. The van der Waals surface area contributed by atoms with Crippen molar-refractivity contribution in [2.45, 2.75) is 13.8 Å². The monoisotopic (exact) mass is 634 g/mol. The van der Waals surface area contributed by atoms with E-state index in [4.69, 9.17) is 0 Å². The molecule has 0 saturated carbocycles. The number of aryl methyl sites for hydroxylation is 2. The standard InChI is InChI=1S/C50H34/c1-31-15-22-43-47(25-31)45(38-18-16-33-9-3-5-12-36(33)26-38)29-50-44-24-21-40(42-23-20-35-11-7-8-14-41(35)32(42)2)28-48(44)46(30-49(43)50)39-19-17-34-10-4-6-13-37(34)27-39/h3-30H,1-2H3. The molecular formula is C50H34. The van der Waals surface area contributed by atoms with Crippen LogP contribution in [0.2, 0.25) is 0 Å². The Bertz CT molecular complexity index is 3000. The van der Waals surface area contributed by atoms with E-state index in [9.17, 15) is 0 Å². The van der Waals surface area contributed by atoms with Crippen LogP contribution in [0.4, 0.5) is 0 Å². The summed E-state index contributed by atoms with van der Waals surface area (Å²) in [6.45, 7) is 4.46. The zero-order valence-electron chi connectivity index (χ0n) is 28.2. The summed E-state index contributed by atoms with van der Waals surface area (Å²) < 4.78 is 0. The summed E-state index contributed by atoms with van der Waals surface area (Å²) in [6.07, 6.45) is 0. The molecule has 0 amide bonds. The molecule has 10 rings (SSSR count). The predicted molar refractivity (Wildman–Crippen MR) is 217 cm³/mol. The van der Waals surface area contributed by atoms with E-state index in [-0.39, 0.29) is 0 Å². The molecule has 10 aromatic rings. The first-order valence-corrected chi connectivity index (χ1v) is 17.5. The van der Waals surface area contributed by atoms with Gasteiger partial charge in [-0.2, -0.15) is 0 Å². The van der Waals surface area contributed by atoms with Crippen molar-refractivity contribution in [3.63, 3.8) is 0 Å². The predicted octanol–water partition coefficient (Wildman–Crippen LogP) is 14.2. The normalized spacial score (nSPS) is 11.8. The van der Waals surface area contributed by atoms with Gasteiger partial charge in [0.1, 0.15) is 0 Å². The van der Waals surface area contributed by atoms with Crippen LogP contribution in [-0.4, -0.2) is 0 Å². The van der Waals surface area contributed by atoms with Gasteiger partial charge >= 0.3 is 0 Å². The SMILES string of the molecule is Cc1ccc2c(c1)c(-c1ccc3ccccc3c1)cc1c3ccc(-c4ccc5ccccc5c4C)cc3c(-c3ccc4ccccc4c3)cc21. The van der Waals surface area contributed by atoms with Crippen LogP contribution in [0.15, 0.2) is 170 Å². The van der Waals surface area contributed by atoms with E-state index in [0.29, 0.717) is 0 Å². The molecule has 0 aliphatic carbocycles. The molecule has 0 heterocycles. The molecule has 10 aromatic carbocycles. The summed E-state index contributed by atoms with van der Waals surface area (Å²) in [5.74, 6) is 0. The molecule has 0 aliphatic heterocycles. The van der Waals surface area contributed by atoms with Gasteiger partial charge in [0, 0.05) is 0 Å². The van der Waals surface area contributed by atoms with Gasteiger partial charge in [-0.25, -0.2) is 0 Å². The fourth-order valence-corrected chi connectivity index (χ4v) is 8.26. The van der Waals surface area contributed by atoms with Gasteiger partial charge in [-0.05, 0) is 148 Å². The van der Waals surface area contributed by atoms with E-state index in [0.717, 1.165) is 0 Å². The number of rotatable bonds is 3. The summed E-state index contributed by atoms with van der Waals surface area (Å²) in [5.41, 5.74) is 10.1. The highest BCUT2D eigenvalue weighted by molar-refractivity contribution is 6.24. The Morgan fingerprint density at radius 1 is 0.260 bits per heavy atom. The molecule has 0 unspecified atom stereocenters. The Kier molecular flexibility index (Phi) is 6.41. The van der Waals surface area contributed by atoms with Gasteiger partial charge < -0.3 is 0 Å². The molecule has 0 N–H and O–H groups in total. The zero-order chi connectivity index (χ0) is 33.3. The van der Waals surface area contributed by atoms with E-state index in [2.05, 4.69) is 184 Å². The first-order chi connectivity index (χ1) is 24.6. The van der Waals surface area contributed by atoms with Gasteiger partial charge in [-0.1, -0.05) is 145 Å². The second kappa shape index (κ2) is 11.2. The number of hydrogen-bond donors (Lipinski definition) is 0. The highest BCUT2D eigenvalue weighted by Crippen LogP contribution is 2.44. The summed E-state index contributed by atoms with van der Waals surface area (Å²) in [5, 5.41) is 15.3. The maximum absolute atomic E-state index is 2.46. The lowest BCUT2D eigenvalue weighted by Crippen LogP contribution is -1.91. The fourth-order valence-electron chi connectivity index (χ4n) is 8.26. The van der Waals surface area contributed by atoms with Crippen molar-refractivity contribution < 1.29 is 0 Å². The minimum atomic E-state index is 1.24. The van der Waals surface area contributed by atoms with E-state index in [1.54, 1.807) is 0 Å². The van der Waals surface area contributed by atoms with Gasteiger partial charge in [0.25, 0.3) is 0 Å². The van der Waals surface area contributed by atoms with Gasteiger partial charge in [0.05, 0.1) is 0 Å². The van der Waals surface area contributed by atoms with Crippen molar-refractivity contribution in [3.8, 4) is 33.4 Å². The second-order valence-corrected chi connectivity index (χ2v) is 13.8. The summed E-state index contributed by atoms with van der Waals surface area (Å²) in [7, 11) is 0. The lowest BCUT2D eigenvalue weighted by Gasteiger charge is -2.18. The molecule has 0 spiro atoms. The summed E-state index contributed by atoms with van der Waals surface area (Å²) >= 11 is 0. The molecule has 0 aromatic heterocycles. The molecule has 0 saturated heterocycles. The van der Waals surface area contributed by atoms with Crippen LogP contribution in [0.3, 0.4) is 0 Å². The molecule has 0 radical (unpaired) electrons. The van der Waals surface area contributed by atoms with Crippen molar-refractivity contribution in [1.29, 1.82) is 0 Å². The van der Waals surface area contributed by atoms with E-state index >= 15 is 0 Å². The van der Waals surface area contributed by atoms with Gasteiger partial charge in [0.2, 0.25) is 0 Å². The molecule has 234 valence electrons. The fraction of sp³-hybridized carbons (Fsp3) is 0.0400. The minimum Gasteiger partial charge on any atom is -0.0616 e. The van der Waals surface area contributed by atoms with Crippen molar-refractivity contribution in [3.05, 3.63) is 181 Å². The van der Waals surface area contributed by atoms with Crippen molar-refractivity contribution in [2.75, 3.05) is 0 Å². The van der Waals surface area contributed by atoms with Crippen LogP contribution in [0.25, 0.3) is 98.0 Å². The zero-order valence-corrected chi connectivity index (χ0v) is 28.2. The number of fused-ring (bicyclic) bond motifs is 8. The van der Waals surface area contributed by atoms with Crippen molar-refractivity contribution in [2.24, 2.45) is 0 Å². The van der Waals surface area contributed by atoms with Crippen molar-refractivity contribution >= 4 is 64.6 Å². The molecule has 50 heavy (non-hydrogen) atoms. The quantitative estimate of drug-likeness (QED) is 0.170. The minimum absolute atomic E-state index is 1.24. The highest BCUT2D eigenvalue weighted by Gasteiger charge is 2.17. The average molecular weight is 635 g/mol. The van der Waals surface area contributed by atoms with E-state index < -0.39 is 0 Å². The smallest absolute Gasteiger partial charge is 0.00923 e. The third-order valence-corrected chi connectivity index (χ3v) is 10.9. The summed E-state index contributed by atoms with van der Waals surface area (Å²) in [6, 6.07) is 63.4. The topological polar surface area (TPSA) is 0 Å². The van der Waals surface area contributed by atoms with Crippen LogP contribution in [-0.2, 0) is 0 Å². The van der Waals surface area contributed by atoms with Crippen LogP contribution >= 0.6 is 0 Å². The molecule has 0 nitrogen and oxygen atoms in total. The summed E-state index contributed by atoms with van der Waals surface area (Å²) in [4.78, 5) is 0. The second-order valence-electron chi connectivity index (χ2n) is 13.8. The third-order valence-electron chi connectivity index (χ3n) is 10.9. The lowest BCUT2D eigenvalue weighted by atomic mass is 9.85. The largest absolute Gasteiger partial charge is 0.0616 e. The molecule has 0 fully saturated rings. The maximum atomic E-state index is 2.46. The van der Waals surface area contributed by atoms with Crippen LogP contribution in [0.1, 0.15) is 11.1 Å². The first kappa shape index (κ1) is 28.7. The highest BCUT2D eigenvalue weighted by atomic mass is 14.2. The molecular weight excluding hydrogens is 601 g/mol. The molecule has 0 heteroatoms. The third kappa shape index (κ3) is 4.53. The average Bonchev–Trinajstić information content (AvgIpc) is 3.16. The number of benzene rings is 10. The molecule has 0 bridgehead atoms. The Morgan fingerprint density at radius 3 is 1.38 bits per heavy atom. The molecule has 0 atom stereocenters. The van der Waals surface area contributed by atoms with Crippen LogP contribution in [0, 0.1) is 13.8 Å². The Hall–Kier alpha value is -6.24. The Labute approximate surface area is 291 Å².